The third-order valence-electron chi connectivity index (χ3n) is 5.81. The number of hydrogen-bond acceptors (Lipinski definition) is 5. The standard InChI is InChI=1S/C24H29FN6O/c1-3-4-7-22-27-24(19-9-10-20(25)18(2)16-19)28-31(22)17-23(32)30-14-12-29(13-15-30)21-8-5-6-11-26-21/h5-6,8-11,16H,3-4,7,12-15,17H2,1-2H3. The lowest BCUT2D eigenvalue weighted by atomic mass is 10.1. The number of unbranched alkanes of at least 4 members (excludes halogenated alkanes) is 1. The third-order valence-corrected chi connectivity index (χ3v) is 5.81. The molecule has 1 aromatic carbocycles. The number of halogens is 1. The van der Waals surface area contributed by atoms with Gasteiger partial charge in [0.15, 0.2) is 5.82 Å². The van der Waals surface area contributed by atoms with Gasteiger partial charge in [-0.25, -0.2) is 19.0 Å². The molecule has 8 heteroatoms. The fourth-order valence-corrected chi connectivity index (χ4v) is 3.88. The number of amides is 1. The molecule has 32 heavy (non-hydrogen) atoms. The number of anilines is 1. The second-order valence-electron chi connectivity index (χ2n) is 8.13. The predicted octanol–water partition coefficient (Wildman–Crippen LogP) is 3.48. The van der Waals surface area contributed by atoms with Crippen LogP contribution in [0.2, 0.25) is 0 Å². The minimum absolute atomic E-state index is 0.0372. The number of aromatic nitrogens is 4. The summed E-state index contributed by atoms with van der Waals surface area (Å²) in [6, 6.07) is 10.7. The van der Waals surface area contributed by atoms with Crippen molar-refractivity contribution in [3.05, 3.63) is 59.8 Å². The molecule has 1 aliphatic heterocycles. The van der Waals surface area contributed by atoms with E-state index >= 15 is 0 Å². The molecular weight excluding hydrogens is 407 g/mol. The first-order chi connectivity index (χ1) is 15.5. The van der Waals surface area contributed by atoms with Crippen LogP contribution in [-0.4, -0.2) is 56.7 Å². The molecule has 0 aliphatic carbocycles. The first-order valence-electron chi connectivity index (χ1n) is 11.2. The van der Waals surface area contributed by atoms with E-state index in [1.54, 1.807) is 29.9 Å². The zero-order valence-corrected chi connectivity index (χ0v) is 18.7. The molecular formula is C24H29FN6O. The summed E-state index contributed by atoms with van der Waals surface area (Å²) in [5.74, 6) is 2.06. The number of pyridine rings is 1. The monoisotopic (exact) mass is 436 g/mol. The topological polar surface area (TPSA) is 67.2 Å². The highest BCUT2D eigenvalue weighted by atomic mass is 19.1. The Labute approximate surface area is 187 Å². The van der Waals surface area contributed by atoms with Gasteiger partial charge in [-0.05, 0) is 49.2 Å². The number of rotatable bonds is 7. The van der Waals surface area contributed by atoms with Crippen LogP contribution < -0.4 is 4.90 Å². The minimum atomic E-state index is -0.251. The quantitative estimate of drug-likeness (QED) is 0.567. The number of carbonyl (C=O) groups is 1. The molecule has 1 saturated heterocycles. The number of piperazine rings is 1. The van der Waals surface area contributed by atoms with Crippen molar-refractivity contribution in [3.63, 3.8) is 0 Å². The van der Waals surface area contributed by atoms with Crippen LogP contribution in [0.15, 0.2) is 42.6 Å². The van der Waals surface area contributed by atoms with Gasteiger partial charge in [-0.2, -0.15) is 5.10 Å². The smallest absolute Gasteiger partial charge is 0.244 e. The molecule has 0 radical (unpaired) electrons. The number of benzene rings is 1. The van der Waals surface area contributed by atoms with E-state index in [1.165, 1.54) is 6.07 Å². The van der Waals surface area contributed by atoms with E-state index in [-0.39, 0.29) is 18.3 Å². The molecule has 168 valence electrons. The summed E-state index contributed by atoms with van der Waals surface area (Å²) in [4.78, 5) is 26.2. The van der Waals surface area contributed by atoms with Gasteiger partial charge in [-0.15, -0.1) is 0 Å². The van der Waals surface area contributed by atoms with Crippen LogP contribution in [-0.2, 0) is 17.8 Å². The summed E-state index contributed by atoms with van der Waals surface area (Å²) in [7, 11) is 0. The van der Waals surface area contributed by atoms with Crippen molar-refractivity contribution in [1.29, 1.82) is 0 Å². The van der Waals surface area contributed by atoms with Gasteiger partial charge in [-0.3, -0.25) is 4.79 Å². The van der Waals surface area contributed by atoms with Crippen LogP contribution in [0.3, 0.4) is 0 Å². The third kappa shape index (κ3) is 4.95. The number of hydrogen-bond donors (Lipinski definition) is 0. The van der Waals surface area contributed by atoms with Crippen LogP contribution in [0.25, 0.3) is 11.4 Å². The zero-order valence-electron chi connectivity index (χ0n) is 18.7. The van der Waals surface area contributed by atoms with E-state index in [0.29, 0.717) is 24.5 Å². The fraction of sp³-hybridized carbons (Fsp3) is 0.417. The van der Waals surface area contributed by atoms with Crippen molar-refractivity contribution in [2.75, 3.05) is 31.1 Å². The van der Waals surface area contributed by atoms with E-state index in [1.807, 2.05) is 23.1 Å². The van der Waals surface area contributed by atoms with Crippen molar-refractivity contribution in [2.24, 2.45) is 0 Å². The van der Waals surface area contributed by atoms with Gasteiger partial charge in [0.2, 0.25) is 5.91 Å². The largest absolute Gasteiger partial charge is 0.353 e. The molecule has 2 aromatic heterocycles. The molecule has 1 aliphatic rings. The zero-order chi connectivity index (χ0) is 22.5. The van der Waals surface area contributed by atoms with Crippen molar-refractivity contribution in [2.45, 2.75) is 39.7 Å². The van der Waals surface area contributed by atoms with Crippen molar-refractivity contribution < 1.29 is 9.18 Å². The molecule has 4 rings (SSSR count). The Bertz CT molecular complexity index is 1060. The molecule has 1 fully saturated rings. The Morgan fingerprint density at radius 3 is 2.62 bits per heavy atom. The molecule has 3 heterocycles. The Balaban J connectivity index is 1.46. The SMILES string of the molecule is CCCCc1nc(-c2ccc(F)c(C)c2)nn1CC(=O)N1CCN(c2ccccn2)CC1. The van der Waals surface area contributed by atoms with Crippen LogP contribution in [0, 0.1) is 12.7 Å². The van der Waals surface area contributed by atoms with E-state index in [4.69, 9.17) is 0 Å². The second kappa shape index (κ2) is 9.89. The average Bonchev–Trinajstić information content (AvgIpc) is 3.22. The van der Waals surface area contributed by atoms with E-state index in [0.717, 1.165) is 49.6 Å². The summed E-state index contributed by atoms with van der Waals surface area (Å²) < 4.78 is 15.4. The van der Waals surface area contributed by atoms with E-state index in [9.17, 15) is 9.18 Å². The number of carbonyl (C=O) groups excluding carboxylic acids is 1. The van der Waals surface area contributed by atoms with Gasteiger partial charge in [0.25, 0.3) is 0 Å². The summed E-state index contributed by atoms with van der Waals surface area (Å²) in [6.07, 6.45) is 4.54. The summed E-state index contributed by atoms with van der Waals surface area (Å²) in [5.41, 5.74) is 1.31. The molecule has 0 unspecified atom stereocenters. The normalized spacial score (nSPS) is 14.1. The lowest BCUT2D eigenvalue weighted by molar-refractivity contribution is -0.132. The molecule has 0 N–H and O–H groups in total. The first kappa shape index (κ1) is 21.9. The fourth-order valence-electron chi connectivity index (χ4n) is 3.88. The average molecular weight is 437 g/mol. The maximum atomic E-state index is 13.7. The van der Waals surface area contributed by atoms with Gasteiger partial charge in [0.1, 0.15) is 24.0 Å². The van der Waals surface area contributed by atoms with Crippen molar-refractivity contribution in [1.82, 2.24) is 24.6 Å². The lowest BCUT2D eigenvalue weighted by Gasteiger charge is -2.35. The van der Waals surface area contributed by atoms with Crippen molar-refractivity contribution >= 4 is 11.7 Å². The molecule has 0 spiro atoms. The number of aryl methyl sites for hydroxylation is 2. The highest BCUT2D eigenvalue weighted by Gasteiger charge is 2.23. The second-order valence-corrected chi connectivity index (χ2v) is 8.13. The van der Waals surface area contributed by atoms with Gasteiger partial charge in [0.05, 0.1) is 0 Å². The van der Waals surface area contributed by atoms with Gasteiger partial charge >= 0.3 is 0 Å². The Kier molecular flexibility index (Phi) is 6.78. The molecule has 0 saturated carbocycles. The van der Waals surface area contributed by atoms with Crippen LogP contribution >= 0.6 is 0 Å². The van der Waals surface area contributed by atoms with Crippen LogP contribution in [0.4, 0.5) is 10.2 Å². The van der Waals surface area contributed by atoms with E-state index < -0.39 is 0 Å². The highest BCUT2D eigenvalue weighted by molar-refractivity contribution is 5.76. The Hall–Kier alpha value is -3.29. The first-order valence-corrected chi connectivity index (χ1v) is 11.2. The van der Waals surface area contributed by atoms with Crippen LogP contribution in [0.1, 0.15) is 31.2 Å². The Morgan fingerprint density at radius 2 is 1.94 bits per heavy atom. The molecule has 0 bridgehead atoms. The summed E-state index contributed by atoms with van der Waals surface area (Å²) in [6.45, 7) is 6.82. The summed E-state index contributed by atoms with van der Waals surface area (Å²) in [5, 5.41) is 4.62. The maximum absolute atomic E-state index is 13.7. The van der Waals surface area contributed by atoms with Gasteiger partial charge in [-0.1, -0.05) is 19.4 Å². The van der Waals surface area contributed by atoms with E-state index in [2.05, 4.69) is 26.9 Å². The van der Waals surface area contributed by atoms with Crippen molar-refractivity contribution in [3.8, 4) is 11.4 Å². The molecule has 3 aromatic rings. The number of nitrogens with zero attached hydrogens (tertiary/aromatic N) is 6. The highest BCUT2D eigenvalue weighted by Crippen LogP contribution is 2.20. The minimum Gasteiger partial charge on any atom is -0.353 e. The molecule has 7 nitrogen and oxygen atoms in total. The Morgan fingerprint density at radius 1 is 1.12 bits per heavy atom. The molecule has 1 amide bonds. The van der Waals surface area contributed by atoms with Crippen LogP contribution in [0.5, 0.6) is 0 Å². The van der Waals surface area contributed by atoms with Gasteiger partial charge in [0, 0.05) is 44.4 Å². The maximum Gasteiger partial charge on any atom is 0.244 e. The summed E-state index contributed by atoms with van der Waals surface area (Å²) >= 11 is 0. The predicted molar refractivity (Wildman–Crippen MR) is 122 cm³/mol. The lowest BCUT2D eigenvalue weighted by Crippen LogP contribution is -2.50. The van der Waals surface area contributed by atoms with Gasteiger partial charge < -0.3 is 9.80 Å². The molecule has 0 atom stereocenters.